The molecule has 0 radical (unpaired) electrons. The number of ether oxygens (including phenoxy) is 1. The lowest BCUT2D eigenvalue weighted by Gasteiger charge is -2.31. The standard InChI is InChI=1S/C20H30N4O2.C2H2O4/c1-4-5-10-24-11-8-15(9-12-24)14-21-20(25)19-17-13-16(26-3)6-7-18(17)23(2)22-19;3-1(4)2(5)6/h6-7,13,15H,4-5,8-12,14H2,1-3H3,(H,21,25);(H,3,4)(H,5,6). The van der Waals surface area contributed by atoms with Gasteiger partial charge in [0.2, 0.25) is 0 Å². The number of carboxylic acids is 2. The number of carbonyl (C=O) groups excluding carboxylic acids is 1. The van der Waals surface area contributed by atoms with E-state index < -0.39 is 11.9 Å². The van der Waals surface area contributed by atoms with E-state index in [1.165, 1.54) is 19.4 Å². The normalized spacial score (nSPS) is 14.5. The van der Waals surface area contributed by atoms with Crippen LogP contribution in [-0.4, -0.2) is 76.0 Å². The fourth-order valence-electron chi connectivity index (χ4n) is 3.66. The summed E-state index contributed by atoms with van der Waals surface area (Å²) in [5, 5.41) is 23.1. The van der Waals surface area contributed by atoms with Gasteiger partial charge in [0.15, 0.2) is 5.69 Å². The number of fused-ring (bicyclic) bond motifs is 1. The number of nitrogens with zero attached hydrogens (tertiary/aromatic N) is 3. The first kappa shape index (κ1) is 25.1. The first-order chi connectivity index (χ1) is 15.3. The van der Waals surface area contributed by atoms with E-state index in [-0.39, 0.29) is 5.91 Å². The van der Waals surface area contributed by atoms with Crippen molar-refractivity contribution in [2.24, 2.45) is 13.0 Å². The van der Waals surface area contributed by atoms with E-state index in [9.17, 15) is 4.79 Å². The van der Waals surface area contributed by atoms with Gasteiger partial charge in [-0.2, -0.15) is 5.10 Å². The van der Waals surface area contributed by atoms with Crippen LogP contribution in [0.15, 0.2) is 18.2 Å². The van der Waals surface area contributed by atoms with Gasteiger partial charge in [-0.25, -0.2) is 9.59 Å². The minimum absolute atomic E-state index is 0.0998. The maximum atomic E-state index is 12.7. The van der Waals surface area contributed by atoms with Gasteiger partial charge in [-0.05, 0) is 63.0 Å². The molecule has 1 saturated heterocycles. The Kier molecular flexibility index (Phi) is 9.45. The zero-order chi connectivity index (χ0) is 23.7. The Balaban J connectivity index is 0.000000534. The highest BCUT2D eigenvalue weighted by Crippen LogP contribution is 2.24. The molecule has 1 aliphatic heterocycles. The summed E-state index contributed by atoms with van der Waals surface area (Å²) in [7, 11) is 3.49. The highest BCUT2D eigenvalue weighted by Gasteiger charge is 2.21. The summed E-state index contributed by atoms with van der Waals surface area (Å²) >= 11 is 0. The van der Waals surface area contributed by atoms with Crippen molar-refractivity contribution >= 4 is 28.7 Å². The molecule has 0 spiro atoms. The predicted octanol–water partition coefficient (Wildman–Crippen LogP) is 1.98. The fraction of sp³-hybridized carbons (Fsp3) is 0.545. The first-order valence-corrected chi connectivity index (χ1v) is 10.7. The lowest BCUT2D eigenvalue weighted by atomic mass is 9.96. The number of aliphatic carboxylic acids is 2. The quantitative estimate of drug-likeness (QED) is 0.548. The van der Waals surface area contributed by atoms with Crippen molar-refractivity contribution in [3.05, 3.63) is 23.9 Å². The maximum absolute atomic E-state index is 12.7. The lowest BCUT2D eigenvalue weighted by Crippen LogP contribution is -2.39. The van der Waals surface area contributed by atoms with Crippen LogP contribution in [0.4, 0.5) is 0 Å². The minimum atomic E-state index is -1.82. The molecule has 10 nitrogen and oxygen atoms in total. The van der Waals surface area contributed by atoms with Crippen LogP contribution >= 0.6 is 0 Å². The van der Waals surface area contributed by atoms with Crippen molar-refractivity contribution in [1.82, 2.24) is 20.0 Å². The van der Waals surface area contributed by atoms with E-state index in [0.717, 1.165) is 49.1 Å². The van der Waals surface area contributed by atoms with Gasteiger partial charge in [0.05, 0.1) is 12.6 Å². The number of carboxylic acid groups (broad SMARTS) is 2. The van der Waals surface area contributed by atoms with Gasteiger partial charge < -0.3 is 25.2 Å². The average Bonchev–Trinajstić information content (AvgIpc) is 3.12. The van der Waals surface area contributed by atoms with E-state index in [4.69, 9.17) is 24.5 Å². The zero-order valence-corrected chi connectivity index (χ0v) is 18.8. The van der Waals surface area contributed by atoms with E-state index >= 15 is 0 Å². The average molecular weight is 449 g/mol. The second kappa shape index (κ2) is 12.0. The summed E-state index contributed by atoms with van der Waals surface area (Å²) in [6.45, 7) is 6.45. The molecule has 32 heavy (non-hydrogen) atoms. The van der Waals surface area contributed by atoms with Crippen molar-refractivity contribution in [3.8, 4) is 5.75 Å². The molecule has 2 aromatic rings. The van der Waals surface area contributed by atoms with Crippen molar-refractivity contribution in [3.63, 3.8) is 0 Å². The number of amides is 1. The van der Waals surface area contributed by atoms with E-state index in [1.54, 1.807) is 11.8 Å². The van der Waals surface area contributed by atoms with Crippen LogP contribution in [0.1, 0.15) is 43.1 Å². The van der Waals surface area contributed by atoms with Crippen LogP contribution in [0.3, 0.4) is 0 Å². The Hall–Kier alpha value is -3.14. The number of hydrogen-bond acceptors (Lipinski definition) is 6. The fourth-order valence-corrected chi connectivity index (χ4v) is 3.66. The molecular formula is C22H32N4O6. The number of methoxy groups -OCH3 is 1. The topological polar surface area (TPSA) is 134 Å². The van der Waals surface area contributed by atoms with Crippen molar-refractivity contribution in [1.29, 1.82) is 0 Å². The molecule has 0 saturated carbocycles. The van der Waals surface area contributed by atoms with Crippen LogP contribution in [0.2, 0.25) is 0 Å². The number of aromatic nitrogens is 2. The first-order valence-electron chi connectivity index (χ1n) is 10.7. The molecule has 2 heterocycles. The van der Waals surface area contributed by atoms with Gasteiger partial charge in [-0.15, -0.1) is 0 Å². The van der Waals surface area contributed by atoms with Crippen LogP contribution in [0.25, 0.3) is 10.9 Å². The smallest absolute Gasteiger partial charge is 0.414 e. The number of carbonyl (C=O) groups is 3. The summed E-state index contributed by atoms with van der Waals surface area (Å²) in [6.07, 6.45) is 4.83. The van der Waals surface area contributed by atoms with Gasteiger partial charge in [-0.1, -0.05) is 13.3 Å². The van der Waals surface area contributed by atoms with Gasteiger partial charge in [0.1, 0.15) is 5.75 Å². The second-order valence-corrected chi connectivity index (χ2v) is 7.81. The Morgan fingerprint density at radius 3 is 2.41 bits per heavy atom. The molecule has 176 valence electrons. The Morgan fingerprint density at radius 1 is 1.19 bits per heavy atom. The van der Waals surface area contributed by atoms with Crippen LogP contribution in [0, 0.1) is 5.92 Å². The van der Waals surface area contributed by atoms with Crippen LogP contribution in [-0.2, 0) is 16.6 Å². The van der Waals surface area contributed by atoms with E-state index in [1.807, 2.05) is 25.2 Å². The molecule has 0 unspecified atom stereocenters. The molecule has 1 aromatic heterocycles. The molecule has 0 atom stereocenters. The molecule has 10 heteroatoms. The van der Waals surface area contributed by atoms with Gasteiger partial charge in [-0.3, -0.25) is 9.48 Å². The maximum Gasteiger partial charge on any atom is 0.414 e. The highest BCUT2D eigenvalue weighted by molar-refractivity contribution is 6.27. The van der Waals surface area contributed by atoms with Gasteiger partial charge in [0, 0.05) is 19.0 Å². The largest absolute Gasteiger partial charge is 0.497 e. The summed E-state index contributed by atoms with van der Waals surface area (Å²) in [6, 6.07) is 5.70. The Labute approximate surface area is 187 Å². The monoisotopic (exact) mass is 448 g/mol. The van der Waals surface area contributed by atoms with Gasteiger partial charge >= 0.3 is 11.9 Å². The van der Waals surface area contributed by atoms with E-state index in [2.05, 4.69) is 22.2 Å². The third kappa shape index (κ3) is 6.94. The number of likely N-dealkylation sites (tertiary alicyclic amines) is 1. The summed E-state index contributed by atoms with van der Waals surface area (Å²) in [5.41, 5.74) is 1.40. The molecule has 1 aliphatic rings. The molecule has 1 fully saturated rings. The third-order valence-electron chi connectivity index (χ3n) is 5.54. The van der Waals surface area contributed by atoms with Crippen molar-refractivity contribution < 1.29 is 29.3 Å². The van der Waals surface area contributed by atoms with Crippen LogP contribution in [0.5, 0.6) is 5.75 Å². The van der Waals surface area contributed by atoms with Crippen molar-refractivity contribution in [2.75, 3.05) is 33.3 Å². The number of piperidine rings is 1. The summed E-state index contributed by atoms with van der Waals surface area (Å²) in [4.78, 5) is 33.4. The minimum Gasteiger partial charge on any atom is -0.497 e. The predicted molar refractivity (Wildman–Crippen MR) is 119 cm³/mol. The molecular weight excluding hydrogens is 416 g/mol. The molecule has 0 bridgehead atoms. The van der Waals surface area contributed by atoms with Crippen molar-refractivity contribution in [2.45, 2.75) is 32.6 Å². The number of unbranched alkanes of at least 4 members (excludes halogenated alkanes) is 1. The number of benzene rings is 1. The Morgan fingerprint density at radius 2 is 1.84 bits per heavy atom. The zero-order valence-electron chi connectivity index (χ0n) is 18.8. The summed E-state index contributed by atoms with van der Waals surface area (Å²) < 4.78 is 7.03. The number of nitrogens with one attached hydrogen (secondary N) is 1. The third-order valence-corrected chi connectivity index (χ3v) is 5.54. The molecule has 0 aliphatic carbocycles. The summed E-state index contributed by atoms with van der Waals surface area (Å²) in [5.74, 6) is -2.46. The number of hydrogen-bond donors (Lipinski definition) is 3. The van der Waals surface area contributed by atoms with Crippen LogP contribution < -0.4 is 10.1 Å². The number of aryl methyl sites for hydroxylation is 1. The van der Waals surface area contributed by atoms with Gasteiger partial charge in [0.25, 0.3) is 5.91 Å². The number of rotatable bonds is 7. The molecule has 1 aromatic carbocycles. The second-order valence-electron chi connectivity index (χ2n) is 7.81. The lowest BCUT2D eigenvalue weighted by molar-refractivity contribution is -0.159. The molecule has 1 amide bonds. The SMILES string of the molecule is CCCCN1CCC(CNC(=O)c2nn(C)c3ccc(OC)cc23)CC1.O=C(O)C(=O)O. The Bertz CT molecular complexity index is 922. The molecule has 3 rings (SSSR count). The molecule has 3 N–H and O–H groups in total. The van der Waals surface area contributed by atoms with E-state index in [0.29, 0.717) is 11.6 Å². The highest BCUT2D eigenvalue weighted by atomic mass is 16.5.